The van der Waals surface area contributed by atoms with E-state index in [2.05, 4.69) is 0 Å². The number of ether oxygens (including phenoxy) is 2. The number of nitrogens with two attached hydrogens (primary N) is 1. The first-order valence-electron chi connectivity index (χ1n) is 6.54. The summed E-state index contributed by atoms with van der Waals surface area (Å²) in [6.07, 6.45) is 0. The monoisotopic (exact) mass is 321 g/mol. The van der Waals surface area contributed by atoms with Crippen molar-refractivity contribution in [2.24, 2.45) is 5.73 Å². The fourth-order valence-electron chi connectivity index (χ4n) is 1.82. The second kappa shape index (κ2) is 7.29. The molecule has 5 heteroatoms. The van der Waals surface area contributed by atoms with Crippen molar-refractivity contribution in [2.45, 2.75) is 13.5 Å². The molecular formula is C16H16ClNO2S. The summed E-state index contributed by atoms with van der Waals surface area (Å²) in [5.41, 5.74) is 7.30. The van der Waals surface area contributed by atoms with Gasteiger partial charge in [-0.2, -0.15) is 0 Å². The molecule has 0 aliphatic heterocycles. The van der Waals surface area contributed by atoms with Crippen molar-refractivity contribution in [1.82, 2.24) is 0 Å². The minimum Gasteiger partial charge on any atom is -0.490 e. The van der Waals surface area contributed by atoms with Crippen LogP contribution in [0, 0.1) is 0 Å². The average Bonchev–Trinajstić information content (AvgIpc) is 2.47. The molecule has 0 amide bonds. The Kier molecular flexibility index (Phi) is 5.42. The quantitative estimate of drug-likeness (QED) is 0.818. The van der Waals surface area contributed by atoms with Gasteiger partial charge in [0.05, 0.1) is 6.61 Å². The fourth-order valence-corrected chi connectivity index (χ4v) is 2.14. The van der Waals surface area contributed by atoms with E-state index in [-0.39, 0.29) is 0 Å². The second-order valence-corrected chi connectivity index (χ2v) is 5.19. The molecule has 2 N–H and O–H groups in total. The first kappa shape index (κ1) is 15.6. The predicted octanol–water partition coefficient (Wildman–Crippen LogP) is 3.95. The Hall–Kier alpha value is -1.78. The van der Waals surface area contributed by atoms with E-state index in [4.69, 9.17) is 39.0 Å². The van der Waals surface area contributed by atoms with Crippen molar-refractivity contribution < 1.29 is 9.47 Å². The highest BCUT2D eigenvalue weighted by Gasteiger charge is 2.09. The van der Waals surface area contributed by atoms with Gasteiger partial charge >= 0.3 is 0 Å². The van der Waals surface area contributed by atoms with Crippen LogP contribution in [0.2, 0.25) is 5.02 Å². The van der Waals surface area contributed by atoms with Crippen LogP contribution in [0.15, 0.2) is 42.5 Å². The van der Waals surface area contributed by atoms with Crippen molar-refractivity contribution in [3.8, 4) is 11.5 Å². The smallest absolute Gasteiger partial charge is 0.161 e. The lowest BCUT2D eigenvalue weighted by molar-refractivity contribution is 0.269. The zero-order valence-electron chi connectivity index (χ0n) is 11.6. The van der Waals surface area contributed by atoms with Crippen LogP contribution in [0.25, 0.3) is 0 Å². The SMILES string of the molecule is CCOc1cc(C(N)=S)ccc1OCc1ccccc1Cl. The minimum absolute atomic E-state index is 0.327. The van der Waals surface area contributed by atoms with E-state index in [1.807, 2.05) is 37.3 Å². The maximum absolute atomic E-state index is 6.11. The number of hydrogen-bond acceptors (Lipinski definition) is 3. The van der Waals surface area contributed by atoms with E-state index in [9.17, 15) is 0 Å². The van der Waals surface area contributed by atoms with Crippen LogP contribution in [-0.4, -0.2) is 11.6 Å². The van der Waals surface area contributed by atoms with E-state index < -0.39 is 0 Å². The normalized spacial score (nSPS) is 10.2. The standard InChI is InChI=1S/C16H16ClNO2S/c1-2-19-15-9-11(16(18)21)7-8-14(15)20-10-12-5-3-4-6-13(12)17/h3-9H,2,10H2,1H3,(H2,18,21). The van der Waals surface area contributed by atoms with Gasteiger partial charge in [-0.15, -0.1) is 0 Å². The molecule has 0 heterocycles. The Balaban J connectivity index is 2.19. The zero-order chi connectivity index (χ0) is 15.2. The van der Waals surface area contributed by atoms with E-state index >= 15 is 0 Å². The number of thiocarbonyl (C=S) groups is 1. The third-order valence-electron chi connectivity index (χ3n) is 2.87. The molecule has 0 radical (unpaired) electrons. The summed E-state index contributed by atoms with van der Waals surface area (Å²) in [4.78, 5) is 0.327. The van der Waals surface area contributed by atoms with Gasteiger partial charge in [0.2, 0.25) is 0 Å². The summed E-state index contributed by atoms with van der Waals surface area (Å²) in [7, 11) is 0. The molecule has 2 aromatic carbocycles. The number of halogens is 1. The van der Waals surface area contributed by atoms with Crippen molar-refractivity contribution in [1.29, 1.82) is 0 Å². The van der Waals surface area contributed by atoms with Gasteiger partial charge in [-0.1, -0.05) is 42.0 Å². The van der Waals surface area contributed by atoms with Gasteiger partial charge in [0.15, 0.2) is 11.5 Å². The lowest BCUT2D eigenvalue weighted by Gasteiger charge is -2.13. The van der Waals surface area contributed by atoms with Crippen LogP contribution in [0.5, 0.6) is 11.5 Å². The van der Waals surface area contributed by atoms with Crippen LogP contribution < -0.4 is 15.2 Å². The van der Waals surface area contributed by atoms with E-state index in [0.29, 0.717) is 34.7 Å². The molecule has 0 saturated heterocycles. The summed E-state index contributed by atoms with van der Waals surface area (Å²) < 4.78 is 11.4. The molecule has 0 unspecified atom stereocenters. The molecule has 110 valence electrons. The molecule has 0 fully saturated rings. The maximum Gasteiger partial charge on any atom is 0.161 e. The molecule has 3 nitrogen and oxygen atoms in total. The first-order valence-corrected chi connectivity index (χ1v) is 7.33. The molecule has 2 rings (SSSR count). The maximum atomic E-state index is 6.11. The van der Waals surface area contributed by atoms with Gasteiger partial charge in [-0.05, 0) is 31.2 Å². The van der Waals surface area contributed by atoms with Crippen molar-refractivity contribution >= 4 is 28.8 Å². The van der Waals surface area contributed by atoms with E-state index in [1.165, 1.54) is 0 Å². The third-order valence-corrected chi connectivity index (χ3v) is 3.47. The molecule has 21 heavy (non-hydrogen) atoms. The Morgan fingerprint density at radius 3 is 2.57 bits per heavy atom. The molecule has 0 spiro atoms. The molecule has 0 saturated carbocycles. The summed E-state index contributed by atoms with van der Waals surface area (Å²) in [6.45, 7) is 2.81. The van der Waals surface area contributed by atoms with Gasteiger partial charge in [-0.3, -0.25) is 0 Å². The molecule has 0 aliphatic rings. The van der Waals surface area contributed by atoms with Crippen molar-refractivity contribution in [2.75, 3.05) is 6.61 Å². The minimum atomic E-state index is 0.327. The van der Waals surface area contributed by atoms with Gasteiger partial charge in [-0.25, -0.2) is 0 Å². The molecule has 0 atom stereocenters. The van der Waals surface area contributed by atoms with Crippen LogP contribution in [0.4, 0.5) is 0 Å². The van der Waals surface area contributed by atoms with Gasteiger partial charge in [0, 0.05) is 16.1 Å². The Morgan fingerprint density at radius 1 is 1.14 bits per heavy atom. The molecule has 0 aromatic heterocycles. The van der Waals surface area contributed by atoms with E-state index in [1.54, 1.807) is 12.1 Å². The third kappa shape index (κ3) is 4.09. The van der Waals surface area contributed by atoms with Crippen LogP contribution in [-0.2, 0) is 6.61 Å². The predicted molar refractivity (Wildman–Crippen MR) is 89.3 cm³/mol. The lowest BCUT2D eigenvalue weighted by atomic mass is 10.2. The summed E-state index contributed by atoms with van der Waals surface area (Å²) >= 11 is 11.1. The number of rotatable bonds is 6. The fraction of sp³-hybridized carbons (Fsp3) is 0.188. The molecule has 0 bridgehead atoms. The van der Waals surface area contributed by atoms with Crippen molar-refractivity contribution in [3.63, 3.8) is 0 Å². The Labute approximate surface area is 134 Å². The van der Waals surface area contributed by atoms with E-state index in [0.717, 1.165) is 11.1 Å². The second-order valence-electron chi connectivity index (χ2n) is 4.34. The summed E-state index contributed by atoms with van der Waals surface area (Å²) in [5.74, 6) is 1.26. The van der Waals surface area contributed by atoms with Crippen molar-refractivity contribution in [3.05, 3.63) is 58.6 Å². The van der Waals surface area contributed by atoms with Gasteiger partial charge in [0.1, 0.15) is 11.6 Å². The Morgan fingerprint density at radius 2 is 1.90 bits per heavy atom. The average molecular weight is 322 g/mol. The molecule has 0 aliphatic carbocycles. The summed E-state index contributed by atoms with van der Waals surface area (Å²) in [6, 6.07) is 13.0. The molecular weight excluding hydrogens is 306 g/mol. The lowest BCUT2D eigenvalue weighted by Crippen LogP contribution is -2.10. The first-order chi connectivity index (χ1) is 10.1. The summed E-state index contributed by atoms with van der Waals surface area (Å²) in [5, 5.41) is 0.676. The van der Waals surface area contributed by atoms with Gasteiger partial charge < -0.3 is 15.2 Å². The van der Waals surface area contributed by atoms with Gasteiger partial charge in [0.25, 0.3) is 0 Å². The highest BCUT2D eigenvalue weighted by Crippen LogP contribution is 2.30. The zero-order valence-corrected chi connectivity index (χ0v) is 13.2. The highest BCUT2D eigenvalue weighted by molar-refractivity contribution is 7.80. The number of hydrogen-bond donors (Lipinski definition) is 1. The largest absolute Gasteiger partial charge is 0.490 e. The topological polar surface area (TPSA) is 44.5 Å². The van der Waals surface area contributed by atoms with Crippen LogP contribution in [0.1, 0.15) is 18.1 Å². The van der Waals surface area contributed by atoms with Crippen LogP contribution >= 0.6 is 23.8 Å². The van der Waals surface area contributed by atoms with Crippen LogP contribution in [0.3, 0.4) is 0 Å². The Bertz CT molecular complexity index is 646. The molecule has 2 aromatic rings. The highest BCUT2D eigenvalue weighted by atomic mass is 35.5. The number of benzene rings is 2.